The Morgan fingerprint density at radius 1 is 1.36 bits per heavy atom. The topological polar surface area (TPSA) is 53.5 Å². The molecule has 0 bridgehead atoms. The van der Waals surface area contributed by atoms with E-state index in [4.69, 9.17) is 0 Å². The predicted octanol–water partition coefficient (Wildman–Crippen LogP) is 1.68. The molecule has 3 heterocycles. The van der Waals surface area contributed by atoms with E-state index in [1.807, 2.05) is 6.07 Å². The van der Waals surface area contributed by atoms with Crippen molar-refractivity contribution in [2.75, 3.05) is 11.4 Å². The molecule has 1 saturated carbocycles. The molecule has 0 unspecified atom stereocenters. The van der Waals surface area contributed by atoms with Crippen molar-refractivity contribution in [3.8, 4) is 0 Å². The molecule has 1 aromatic rings. The second kappa shape index (κ2) is 4.76. The molecular formula is C16H18FN3O2. The van der Waals surface area contributed by atoms with Crippen LogP contribution in [0.2, 0.25) is 0 Å². The third-order valence-electron chi connectivity index (χ3n) is 5.21. The first-order valence-electron chi connectivity index (χ1n) is 7.82. The Morgan fingerprint density at radius 3 is 2.82 bits per heavy atom. The first kappa shape index (κ1) is 13.7. The van der Waals surface area contributed by atoms with Gasteiger partial charge in [-0.15, -0.1) is 0 Å². The van der Waals surface area contributed by atoms with Crippen LogP contribution in [0.1, 0.15) is 32.1 Å². The van der Waals surface area contributed by atoms with Gasteiger partial charge in [-0.05, 0) is 37.8 Å². The average molecular weight is 303 g/mol. The van der Waals surface area contributed by atoms with Crippen molar-refractivity contribution in [1.29, 1.82) is 0 Å². The van der Waals surface area contributed by atoms with Crippen molar-refractivity contribution in [3.63, 3.8) is 0 Å². The Bertz CT molecular complexity index is 617. The van der Waals surface area contributed by atoms with Crippen LogP contribution in [0.3, 0.4) is 0 Å². The van der Waals surface area contributed by atoms with E-state index in [2.05, 4.69) is 4.98 Å². The summed E-state index contributed by atoms with van der Waals surface area (Å²) in [4.78, 5) is 32.2. The Hall–Kier alpha value is -1.98. The normalized spacial score (nSPS) is 29.4. The van der Waals surface area contributed by atoms with E-state index in [1.54, 1.807) is 28.3 Å². The van der Waals surface area contributed by atoms with Crippen LogP contribution in [0.4, 0.5) is 10.1 Å². The van der Waals surface area contributed by atoms with Crippen LogP contribution >= 0.6 is 0 Å². The van der Waals surface area contributed by atoms with Gasteiger partial charge in [-0.3, -0.25) is 14.6 Å². The summed E-state index contributed by atoms with van der Waals surface area (Å²) in [6, 6.07) is 3.39. The van der Waals surface area contributed by atoms with Crippen LogP contribution in [-0.4, -0.2) is 46.0 Å². The van der Waals surface area contributed by atoms with Crippen molar-refractivity contribution in [3.05, 3.63) is 24.5 Å². The molecule has 3 fully saturated rings. The molecule has 0 spiro atoms. The fourth-order valence-electron chi connectivity index (χ4n) is 3.89. The number of hydrogen-bond acceptors (Lipinski definition) is 3. The molecule has 116 valence electrons. The molecule has 1 aliphatic carbocycles. The lowest BCUT2D eigenvalue weighted by Crippen LogP contribution is -2.52. The second-order valence-electron chi connectivity index (χ2n) is 6.42. The number of hydrogen-bond donors (Lipinski definition) is 0. The Labute approximate surface area is 128 Å². The number of likely N-dealkylation sites (tertiary alicyclic amines) is 1. The minimum atomic E-state index is -1.68. The van der Waals surface area contributed by atoms with Crippen LogP contribution in [0.5, 0.6) is 0 Å². The summed E-state index contributed by atoms with van der Waals surface area (Å²) >= 11 is 0. The molecule has 2 saturated heterocycles. The molecule has 0 radical (unpaired) electrons. The van der Waals surface area contributed by atoms with Gasteiger partial charge in [0.1, 0.15) is 0 Å². The number of aromatic nitrogens is 1. The van der Waals surface area contributed by atoms with Crippen molar-refractivity contribution < 1.29 is 14.0 Å². The van der Waals surface area contributed by atoms with Gasteiger partial charge in [-0.25, -0.2) is 4.39 Å². The lowest BCUT2D eigenvalue weighted by Gasteiger charge is -2.37. The van der Waals surface area contributed by atoms with Gasteiger partial charge >= 0.3 is 0 Å². The van der Waals surface area contributed by atoms with E-state index in [-0.39, 0.29) is 24.4 Å². The number of carbonyl (C=O) groups is 2. The molecule has 2 aliphatic heterocycles. The monoisotopic (exact) mass is 303 g/mol. The van der Waals surface area contributed by atoms with Gasteiger partial charge in [0.05, 0.1) is 24.0 Å². The molecule has 4 rings (SSSR count). The van der Waals surface area contributed by atoms with Gasteiger partial charge < -0.3 is 9.80 Å². The first-order valence-corrected chi connectivity index (χ1v) is 7.82. The van der Waals surface area contributed by atoms with Gasteiger partial charge in [-0.1, -0.05) is 0 Å². The Morgan fingerprint density at radius 2 is 2.18 bits per heavy atom. The van der Waals surface area contributed by atoms with Crippen LogP contribution in [0, 0.1) is 0 Å². The van der Waals surface area contributed by atoms with Gasteiger partial charge in [0, 0.05) is 19.2 Å². The van der Waals surface area contributed by atoms with E-state index in [1.165, 1.54) is 0 Å². The third-order valence-corrected chi connectivity index (χ3v) is 5.21. The highest BCUT2D eigenvalue weighted by Gasteiger charge is 2.54. The lowest BCUT2D eigenvalue weighted by molar-refractivity contribution is -0.150. The Balaban J connectivity index is 1.58. The SMILES string of the molecule is O=C1C[C@H]2[C@@H](CCN2C(=O)C2(F)CCC2)N1c1cccnc1. The zero-order valence-corrected chi connectivity index (χ0v) is 12.2. The van der Waals surface area contributed by atoms with Gasteiger partial charge in [0.25, 0.3) is 5.91 Å². The van der Waals surface area contributed by atoms with E-state index < -0.39 is 11.6 Å². The van der Waals surface area contributed by atoms with Crippen LogP contribution in [0.15, 0.2) is 24.5 Å². The van der Waals surface area contributed by atoms with E-state index in [0.29, 0.717) is 25.8 Å². The van der Waals surface area contributed by atoms with Crippen molar-refractivity contribution >= 4 is 17.5 Å². The highest BCUT2D eigenvalue weighted by Crippen LogP contribution is 2.42. The standard InChI is InChI=1S/C16H18FN3O2/c17-16(5-2-6-16)15(22)19-8-4-12-13(19)9-14(21)20(12)11-3-1-7-18-10-11/h1,3,7,10,12-13H,2,4-6,8-9H2/t12-,13+/m1/s1. The number of rotatable bonds is 2. The summed E-state index contributed by atoms with van der Waals surface area (Å²) in [5.74, 6) is -0.422. The third kappa shape index (κ3) is 1.86. The van der Waals surface area contributed by atoms with E-state index >= 15 is 0 Å². The summed E-state index contributed by atoms with van der Waals surface area (Å²) in [7, 11) is 0. The number of pyridine rings is 1. The molecular weight excluding hydrogens is 285 g/mol. The summed E-state index contributed by atoms with van der Waals surface area (Å²) in [5.41, 5.74) is -0.924. The van der Waals surface area contributed by atoms with Crippen molar-refractivity contribution in [1.82, 2.24) is 9.88 Å². The number of alkyl halides is 1. The number of halogens is 1. The molecule has 6 heteroatoms. The fourth-order valence-corrected chi connectivity index (χ4v) is 3.89. The maximum absolute atomic E-state index is 14.4. The predicted molar refractivity (Wildman–Crippen MR) is 77.9 cm³/mol. The van der Waals surface area contributed by atoms with E-state index in [9.17, 15) is 14.0 Å². The Kier molecular flexibility index (Phi) is 2.96. The van der Waals surface area contributed by atoms with Gasteiger partial charge in [-0.2, -0.15) is 0 Å². The summed E-state index contributed by atoms with van der Waals surface area (Å²) < 4.78 is 14.4. The summed E-state index contributed by atoms with van der Waals surface area (Å²) in [5, 5.41) is 0. The molecule has 0 aromatic carbocycles. The smallest absolute Gasteiger partial charge is 0.260 e. The maximum Gasteiger partial charge on any atom is 0.260 e. The van der Waals surface area contributed by atoms with Gasteiger partial charge in [0.2, 0.25) is 5.91 Å². The van der Waals surface area contributed by atoms with Crippen molar-refractivity contribution in [2.24, 2.45) is 0 Å². The van der Waals surface area contributed by atoms with E-state index in [0.717, 1.165) is 12.1 Å². The minimum Gasteiger partial charge on any atom is -0.334 e. The second-order valence-corrected chi connectivity index (χ2v) is 6.42. The first-order chi connectivity index (χ1) is 10.6. The zero-order valence-electron chi connectivity index (χ0n) is 12.2. The number of fused-ring (bicyclic) bond motifs is 1. The minimum absolute atomic E-state index is 0.0120. The number of anilines is 1. The summed E-state index contributed by atoms with van der Waals surface area (Å²) in [6.07, 6.45) is 5.71. The number of nitrogens with zero attached hydrogens (tertiary/aromatic N) is 3. The highest BCUT2D eigenvalue weighted by atomic mass is 19.1. The highest BCUT2D eigenvalue weighted by molar-refractivity contribution is 5.98. The molecule has 3 aliphatic rings. The van der Waals surface area contributed by atoms with Crippen LogP contribution in [0.25, 0.3) is 0 Å². The number of amides is 2. The lowest BCUT2D eigenvalue weighted by atomic mass is 9.80. The van der Waals surface area contributed by atoms with Crippen LogP contribution < -0.4 is 4.90 Å². The van der Waals surface area contributed by atoms with Crippen molar-refractivity contribution in [2.45, 2.75) is 49.9 Å². The fraction of sp³-hybridized carbons (Fsp3) is 0.562. The maximum atomic E-state index is 14.4. The van der Waals surface area contributed by atoms with Crippen LogP contribution in [-0.2, 0) is 9.59 Å². The molecule has 22 heavy (non-hydrogen) atoms. The average Bonchev–Trinajstić information content (AvgIpc) is 3.02. The van der Waals surface area contributed by atoms with Gasteiger partial charge in [0.15, 0.2) is 5.67 Å². The molecule has 2 atom stereocenters. The molecule has 0 N–H and O–H groups in total. The quantitative estimate of drug-likeness (QED) is 0.835. The molecule has 2 amide bonds. The molecule has 5 nitrogen and oxygen atoms in total. The number of carbonyl (C=O) groups excluding carboxylic acids is 2. The summed E-state index contributed by atoms with van der Waals surface area (Å²) in [6.45, 7) is 0.532. The largest absolute Gasteiger partial charge is 0.334 e. The zero-order chi connectivity index (χ0) is 15.3. The molecule has 1 aromatic heterocycles.